The van der Waals surface area contributed by atoms with Gasteiger partial charge in [-0.2, -0.15) is 0 Å². The van der Waals surface area contributed by atoms with Gasteiger partial charge in [0.2, 0.25) is 0 Å². The molecule has 4 nitrogen and oxygen atoms in total. The van der Waals surface area contributed by atoms with Crippen LogP contribution in [0.4, 0.5) is 0 Å². The summed E-state index contributed by atoms with van der Waals surface area (Å²) in [5, 5.41) is 1.44. The van der Waals surface area contributed by atoms with Gasteiger partial charge in [-0.05, 0) is 53.0 Å². The van der Waals surface area contributed by atoms with Crippen molar-refractivity contribution >= 4 is 5.97 Å². The number of methoxy groups -OCH3 is 1. The topological polar surface area (TPSA) is 51.0 Å². The molecular formula is C23H26N2O2. The Bertz CT molecular complexity index is 1020. The Kier molecular flexibility index (Phi) is 3.81. The minimum absolute atomic E-state index is 0.0453. The number of para-hydroxylation sites is 2. The molecule has 0 saturated heterocycles. The van der Waals surface area contributed by atoms with Gasteiger partial charge in [0.15, 0.2) is 0 Å². The molecule has 0 unspecified atom stereocenters. The molecule has 0 spiro atoms. The quantitative estimate of drug-likeness (QED) is 0.770. The van der Waals surface area contributed by atoms with E-state index in [2.05, 4.69) is 39.8 Å². The number of rotatable bonds is 2. The molecule has 0 atom stereocenters. The van der Waals surface area contributed by atoms with E-state index in [-0.39, 0.29) is 10.8 Å². The molecule has 1 aliphatic carbocycles. The van der Waals surface area contributed by atoms with Crippen molar-refractivity contribution in [2.75, 3.05) is 7.11 Å². The third-order valence-electron chi connectivity index (χ3n) is 6.17. The van der Waals surface area contributed by atoms with E-state index in [4.69, 9.17) is 14.7 Å². The average molecular weight is 362 g/mol. The molecule has 2 aliphatic rings. The standard InChI is InChI=1S/C23H26N2O2/c1-21(2)12-13-22(3,4)17-14-15(10-11-16(17)21)23(20(26)27-5)24-18-8-6-7-9-19(18)25-23/h6-11,14H,12-13H2,1-5H3. The number of benzene rings is 2. The van der Waals surface area contributed by atoms with Crippen molar-refractivity contribution in [2.45, 2.75) is 57.0 Å². The average Bonchev–Trinajstić information content (AvgIpc) is 3.05. The van der Waals surface area contributed by atoms with E-state index in [0.29, 0.717) is 0 Å². The van der Waals surface area contributed by atoms with Gasteiger partial charge in [-0.3, -0.25) is 0 Å². The summed E-state index contributed by atoms with van der Waals surface area (Å²) < 4.78 is 5.13. The van der Waals surface area contributed by atoms with Crippen LogP contribution in [-0.2, 0) is 26.0 Å². The number of ether oxygens (including phenoxy) is 1. The lowest BCUT2D eigenvalue weighted by Gasteiger charge is -2.42. The SMILES string of the molecule is COC(=O)C1(c2ccc3c(c2)C(C)(C)CCC3(C)C)N=c2ccccc2=N1. The third kappa shape index (κ3) is 2.61. The van der Waals surface area contributed by atoms with Gasteiger partial charge in [0.25, 0.3) is 5.66 Å². The highest BCUT2D eigenvalue weighted by atomic mass is 16.5. The van der Waals surface area contributed by atoms with Crippen molar-refractivity contribution in [3.63, 3.8) is 0 Å². The van der Waals surface area contributed by atoms with Crippen molar-refractivity contribution < 1.29 is 9.53 Å². The van der Waals surface area contributed by atoms with Crippen LogP contribution in [0, 0.1) is 0 Å². The first-order chi connectivity index (χ1) is 12.7. The molecule has 0 N–H and O–H groups in total. The van der Waals surface area contributed by atoms with E-state index in [1.807, 2.05) is 30.3 Å². The lowest BCUT2D eigenvalue weighted by molar-refractivity contribution is -0.147. The van der Waals surface area contributed by atoms with Gasteiger partial charge in [-0.15, -0.1) is 0 Å². The Balaban J connectivity index is 1.97. The zero-order valence-electron chi connectivity index (χ0n) is 16.7. The van der Waals surface area contributed by atoms with Crippen molar-refractivity contribution in [3.8, 4) is 0 Å². The normalized spacial score (nSPS) is 20.6. The number of nitrogens with zero attached hydrogens (tertiary/aromatic N) is 2. The molecule has 1 heterocycles. The molecule has 2 aromatic rings. The molecule has 0 amide bonds. The van der Waals surface area contributed by atoms with Gasteiger partial charge in [0.1, 0.15) is 0 Å². The number of carbonyl (C=O) groups excluding carboxylic acids is 1. The van der Waals surface area contributed by atoms with E-state index < -0.39 is 11.6 Å². The highest BCUT2D eigenvalue weighted by Gasteiger charge is 2.45. The fourth-order valence-electron chi connectivity index (χ4n) is 4.31. The highest BCUT2D eigenvalue weighted by molar-refractivity contribution is 5.83. The van der Waals surface area contributed by atoms with Crippen LogP contribution in [0.2, 0.25) is 0 Å². The number of fused-ring (bicyclic) bond motifs is 2. The summed E-state index contributed by atoms with van der Waals surface area (Å²) in [5.74, 6) is -0.452. The fourth-order valence-corrected chi connectivity index (χ4v) is 4.31. The smallest absolute Gasteiger partial charge is 0.361 e. The van der Waals surface area contributed by atoms with Crippen molar-refractivity contribution in [1.29, 1.82) is 0 Å². The highest BCUT2D eigenvalue weighted by Crippen LogP contribution is 2.47. The summed E-state index contributed by atoms with van der Waals surface area (Å²) in [6.45, 7) is 9.12. The van der Waals surface area contributed by atoms with Crippen molar-refractivity contribution in [2.24, 2.45) is 9.98 Å². The van der Waals surface area contributed by atoms with E-state index in [0.717, 1.165) is 29.1 Å². The Hall–Kier alpha value is -2.49. The maximum Gasteiger partial charge on any atom is 0.361 e. The van der Waals surface area contributed by atoms with E-state index in [1.54, 1.807) is 0 Å². The van der Waals surface area contributed by atoms with E-state index in [1.165, 1.54) is 18.2 Å². The van der Waals surface area contributed by atoms with Crippen LogP contribution in [0.3, 0.4) is 0 Å². The van der Waals surface area contributed by atoms with Gasteiger partial charge in [-0.25, -0.2) is 14.8 Å². The van der Waals surface area contributed by atoms with Crippen LogP contribution in [0.5, 0.6) is 0 Å². The summed E-state index contributed by atoms with van der Waals surface area (Å²) in [7, 11) is 1.39. The summed E-state index contributed by atoms with van der Waals surface area (Å²) in [6, 6.07) is 13.9. The molecule has 4 heteroatoms. The van der Waals surface area contributed by atoms with Gasteiger partial charge in [0.05, 0.1) is 17.8 Å². The van der Waals surface area contributed by atoms with Crippen LogP contribution in [0.1, 0.15) is 57.2 Å². The molecule has 0 fully saturated rings. The molecule has 2 aromatic carbocycles. The Morgan fingerprint density at radius 2 is 1.44 bits per heavy atom. The summed E-state index contributed by atoms with van der Waals surface area (Å²) in [6.07, 6.45) is 2.25. The molecule has 0 bridgehead atoms. The number of hydrogen-bond donors (Lipinski definition) is 0. The minimum Gasteiger partial charge on any atom is -0.465 e. The predicted octanol–water partition coefficient (Wildman–Crippen LogP) is 3.31. The first-order valence-corrected chi connectivity index (χ1v) is 9.48. The van der Waals surface area contributed by atoms with Crippen LogP contribution in [-0.4, -0.2) is 13.1 Å². The first-order valence-electron chi connectivity index (χ1n) is 9.48. The minimum atomic E-state index is -1.36. The second-order valence-electron chi connectivity index (χ2n) is 8.90. The summed E-state index contributed by atoms with van der Waals surface area (Å²) >= 11 is 0. The monoisotopic (exact) mass is 362 g/mol. The number of esters is 1. The van der Waals surface area contributed by atoms with Gasteiger partial charge < -0.3 is 4.74 Å². The molecule has 4 rings (SSSR count). The van der Waals surface area contributed by atoms with Crippen LogP contribution in [0.15, 0.2) is 52.4 Å². The summed E-state index contributed by atoms with van der Waals surface area (Å²) in [5.41, 5.74) is 2.21. The Labute approximate surface area is 160 Å². The van der Waals surface area contributed by atoms with E-state index >= 15 is 0 Å². The maximum atomic E-state index is 12.9. The van der Waals surface area contributed by atoms with Crippen molar-refractivity contribution in [3.05, 3.63) is 69.9 Å². The lowest BCUT2D eigenvalue weighted by atomic mass is 9.62. The number of hydrogen-bond acceptors (Lipinski definition) is 4. The second kappa shape index (κ2) is 5.75. The van der Waals surface area contributed by atoms with Crippen LogP contribution in [0.25, 0.3) is 0 Å². The van der Waals surface area contributed by atoms with Gasteiger partial charge in [-0.1, -0.05) is 52.0 Å². The lowest BCUT2D eigenvalue weighted by Crippen LogP contribution is -2.36. The molecule has 0 radical (unpaired) electrons. The predicted molar refractivity (Wildman–Crippen MR) is 104 cm³/mol. The maximum absolute atomic E-state index is 12.9. The molecule has 1 aliphatic heterocycles. The third-order valence-corrected chi connectivity index (χ3v) is 6.17. The van der Waals surface area contributed by atoms with Crippen LogP contribution < -0.4 is 10.7 Å². The Morgan fingerprint density at radius 3 is 2.00 bits per heavy atom. The summed E-state index contributed by atoms with van der Waals surface area (Å²) in [4.78, 5) is 22.3. The fraction of sp³-hybridized carbons (Fsp3) is 0.435. The van der Waals surface area contributed by atoms with Crippen molar-refractivity contribution in [1.82, 2.24) is 0 Å². The van der Waals surface area contributed by atoms with Gasteiger partial charge in [0, 0.05) is 5.56 Å². The Morgan fingerprint density at radius 1 is 0.889 bits per heavy atom. The first kappa shape index (κ1) is 17.9. The van der Waals surface area contributed by atoms with Gasteiger partial charge >= 0.3 is 5.97 Å². The molecular weight excluding hydrogens is 336 g/mol. The zero-order chi connectivity index (χ0) is 19.4. The largest absolute Gasteiger partial charge is 0.465 e. The number of carbonyl (C=O) groups is 1. The molecule has 0 aromatic heterocycles. The molecule has 27 heavy (non-hydrogen) atoms. The molecule has 140 valence electrons. The van der Waals surface area contributed by atoms with E-state index in [9.17, 15) is 4.79 Å². The van der Waals surface area contributed by atoms with Crippen LogP contribution >= 0.6 is 0 Å². The second-order valence-corrected chi connectivity index (χ2v) is 8.90. The zero-order valence-corrected chi connectivity index (χ0v) is 16.7. The molecule has 0 saturated carbocycles.